The fourth-order valence-corrected chi connectivity index (χ4v) is 1.90. The first-order valence-corrected chi connectivity index (χ1v) is 6.55. The van der Waals surface area contributed by atoms with E-state index in [2.05, 4.69) is 10.6 Å². The number of nitrogens with one attached hydrogen (secondary N) is 2. The summed E-state index contributed by atoms with van der Waals surface area (Å²) in [6.07, 6.45) is 0. The number of phenols is 1. The molecule has 0 aliphatic rings. The molecule has 0 saturated heterocycles. The molecule has 0 aliphatic carbocycles. The van der Waals surface area contributed by atoms with Crippen molar-refractivity contribution in [2.45, 2.75) is 6.54 Å². The highest BCUT2D eigenvalue weighted by molar-refractivity contribution is 6.30. The average molecular weight is 291 g/mol. The Bertz CT molecular complexity index is 585. The molecule has 20 heavy (non-hydrogen) atoms. The summed E-state index contributed by atoms with van der Waals surface area (Å²) in [6.45, 7) is 0.761. The molecular weight excluding hydrogens is 276 g/mol. The van der Waals surface area contributed by atoms with E-state index < -0.39 is 0 Å². The minimum absolute atomic E-state index is 0.133. The SMILES string of the molecule is O=C(CNCc1ccc(O)cc1)Nc1cccc(Cl)c1. The van der Waals surface area contributed by atoms with Crippen LogP contribution in [-0.2, 0) is 11.3 Å². The quantitative estimate of drug-likeness (QED) is 0.793. The molecule has 0 spiro atoms. The van der Waals surface area contributed by atoms with Gasteiger partial charge in [-0.15, -0.1) is 0 Å². The highest BCUT2D eigenvalue weighted by Gasteiger charge is 2.02. The van der Waals surface area contributed by atoms with Crippen LogP contribution in [0.5, 0.6) is 5.75 Å². The second kappa shape index (κ2) is 6.93. The highest BCUT2D eigenvalue weighted by atomic mass is 35.5. The van der Waals surface area contributed by atoms with Crippen molar-refractivity contribution in [2.75, 3.05) is 11.9 Å². The number of halogens is 1. The summed E-state index contributed by atoms with van der Waals surface area (Å²) in [6, 6.07) is 13.8. The fourth-order valence-electron chi connectivity index (χ4n) is 1.71. The first kappa shape index (κ1) is 14.4. The Labute approximate surface area is 122 Å². The van der Waals surface area contributed by atoms with Gasteiger partial charge in [-0.25, -0.2) is 0 Å². The molecule has 0 radical (unpaired) electrons. The summed E-state index contributed by atoms with van der Waals surface area (Å²) in [4.78, 5) is 11.7. The number of anilines is 1. The molecule has 1 amide bonds. The van der Waals surface area contributed by atoms with E-state index in [1.54, 1.807) is 48.5 Å². The molecule has 0 aliphatic heterocycles. The third kappa shape index (κ3) is 4.57. The zero-order valence-electron chi connectivity index (χ0n) is 10.8. The lowest BCUT2D eigenvalue weighted by atomic mass is 10.2. The van der Waals surface area contributed by atoms with Crippen LogP contribution in [0.25, 0.3) is 0 Å². The van der Waals surface area contributed by atoms with Crippen LogP contribution in [0.3, 0.4) is 0 Å². The van der Waals surface area contributed by atoms with E-state index in [9.17, 15) is 4.79 Å². The Morgan fingerprint density at radius 3 is 2.60 bits per heavy atom. The van der Waals surface area contributed by atoms with Crippen molar-refractivity contribution in [3.8, 4) is 5.75 Å². The van der Waals surface area contributed by atoms with Gasteiger partial charge in [-0.3, -0.25) is 4.79 Å². The van der Waals surface area contributed by atoms with Gasteiger partial charge in [-0.05, 0) is 35.9 Å². The van der Waals surface area contributed by atoms with Crippen LogP contribution in [0.15, 0.2) is 48.5 Å². The van der Waals surface area contributed by atoms with Crippen LogP contribution in [0.4, 0.5) is 5.69 Å². The zero-order chi connectivity index (χ0) is 14.4. The fraction of sp³-hybridized carbons (Fsp3) is 0.133. The van der Waals surface area contributed by atoms with Crippen LogP contribution in [0, 0.1) is 0 Å². The number of benzene rings is 2. The molecule has 0 saturated carbocycles. The molecule has 0 atom stereocenters. The number of aromatic hydroxyl groups is 1. The minimum Gasteiger partial charge on any atom is -0.508 e. The molecule has 5 heteroatoms. The van der Waals surface area contributed by atoms with E-state index in [1.807, 2.05) is 0 Å². The summed E-state index contributed by atoms with van der Waals surface area (Å²) < 4.78 is 0. The van der Waals surface area contributed by atoms with Crippen LogP contribution in [-0.4, -0.2) is 17.6 Å². The maximum atomic E-state index is 11.7. The predicted octanol–water partition coefficient (Wildman–Crippen LogP) is 2.77. The van der Waals surface area contributed by atoms with E-state index in [0.717, 1.165) is 5.56 Å². The number of hydrogen-bond acceptors (Lipinski definition) is 3. The lowest BCUT2D eigenvalue weighted by Crippen LogP contribution is -2.27. The van der Waals surface area contributed by atoms with Crippen molar-refractivity contribution in [3.05, 3.63) is 59.1 Å². The standard InChI is InChI=1S/C15H15ClN2O2/c16-12-2-1-3-13(8-12)18-15(20)10-17-9-11-4-6-14(19)7-5-11/h1-8,17,19H,9-10H2,(H,18,20). The molecule has 0 unspecified atom stereocenters. The van der Waals surface area contributed by atoms with E-state index in [4.69, 9.17) is 16.7 Å². The van der Waals surface area contributed by atoms with Gasteiger partial charge in [0.2, 0.25) is 5.91 Å². The number of carbonyl (C=O) groups excluding carboxylic acids is 1. The summed E-state index contributed by atoms with van der Waals surface area (Å²) in [5.74, 6) is 0.0958. The van der Waals surface area contributed by atoms with E-state index in [0.29, 0.717) is 17.3 Å². The summed E-state index contributed by atoms with van der Waals surface area (Å²) in [5, 5.41) is 15.5. The molecule has 0 heterocycles. The number of amides is 1. The third-order valence-electron chi connectivity index (χ3n) is 2.66. The first-order valence-electron chi connectivity index (χ1n) is 6.17. The Kier molecular flexibility index (Phi) is 4.98. The number of hydrogen-bond donors (Lipinski definition) is 3. The van der Waals surface area contributed by atoms with Gasteiger partial charge in [-0.2, -0.15) is 0 Å². The van der Waals surface area contributed by atoms with Crippen LogP contribution < -0.4 is 10.6 Å². The van der Waals surface area contributed by atoms with Crippen molar-refractivity contribution < 1.29 is 9.90 Å². The molecule has 0 aromatic heterocycles. The van der Waals surface area contributed by atoms with Crippen molar-refractivity contribution in [1.29, 1.82) is 0 Å². The molecule has 2 aromatic rings. The molecule has 3 N–H and O–H groups in total. The molecule has 0 bridgehead atoms. The van der Waals surface area contributed by atoms with Gasteiger partial charge in [-0.1, -0.05) is 29.8 Å². The summed E-state index contributed by atoms with van der Waals surface area (Å²) in [5.41, 5.74) is 1.67. The van der Waals surface area contributed by atoms with Crippen LogP contribution >= 0.6 is 11.6 Å². The Hall–Kier alpha value is -2.04. The molecule has 4 nitrogen and oxygen atoms in total. The Morgan fingerprint density at radius 2 is 1.90 bits per heavy atom. The maximum Gasteiger partial charge on any atom is 0.238 e. The number of rotatable bonds is 5. The Morgan fingerprint density at radius 1 is 1.15 bits per heavy atom. The second-order valence-corrected chi connectivity index (χ2v) is 4.76. The second-order valence-electron chi connectivity index (χ2n) is 4.33. The normalized spacial score (nSPS) is 10.2. The number of carbonyl (C=O) groups is 1. The minimum atomic E-state index is -0.133. The van der Waals surface area contributed by atoms with E-state index >= 15 is 0 Å². The van der Waals surface area contributed by atoms with Gasteiger partial charge in [0.25, 0.3) is 0 Å². The van der Waals surface area contributed by atoms with Gasteiger partial charge in [0.15, 0.2) is 0 Å². The highest BCUT2D eigenvalue weighted by Crippen LogP contribution is 2.14. The summed E-state index contributed by atoms with van der Waals surface area (Å²) in [7, 11) is 0. The van der Waals surface area contributed by atoms with Gasteiger partial charge < -0.3 is 15.7 Å². The smallest absolute Gasteiger partial charge is 0.238 e. The van der Waals surface area contributed by atoms with Gasteiger partial charge in [0, 0.05) is 17.3 Å². The van der Waals surface area contributed by atoms with Crippen LogP contribution in [0.2, 0.25) is 5.02 Å². The lowest BCUT2D eigenvalue weighted by molar-refractivity contribution is -0.115. The van der Waals surface area contributed by atoms with E-state index in [1.165, 1.54) is 0 Å². The maximum absolute atomic E-state index is 11.7. The predicted molar refractivity (Wildman–Crippen MR) is 79.9 cm³/mol. The molecular formula is C15H15ClN2O2. The van der Waals surface area contributed by atoms with Gasteiger partial charge in [0.1, 0.15) is 5.75 Å². The van der Waals surface area contributed by atoms with Crippen molar-refractivity contribution in [3.63, 3.8) is 0 Å². The van der Waals surface area contributed by atoms with Crippen molar-refractivity contribution >= 4 is 23.2 Å². The third-order valence-corrected chi connectivity index (χ3v) is 2.89. The summed E-state index contributed by atoms with van der Waals surface area (Å²) >= 11 is 5.84. The first-order chi connectivity index (χ1) is 9.63. The molecule has 104 valence electrons. The van der Waals surface area contributed by atoms with Gasteiger partial charge >= 0.3 is 0 Å². The largest absolute Gasteiger partial charge is 0.508 e. The Balaban J connectivity index is 1.76. The molecule has 0 fully saturated rings. The molecule has 2 aromatic carbocycles. The van der Waals surface area contributed by atoms with Crippen molar-refractivity contribution in [1.82, 2.24) is 5.32 Å². The van der Waals surface area contributed by atoms with E-state index in [-0.39, 0.29) is 18.2 Å². The number of phenolic OH excluding ortho intramolecular Hbond substituents is 1. The average Bonchev–Trinajstić information content (AvgIpc) is 2.41. The van der Waals surface area contributed by atoms with Crippen molar-refractivity contribution in [2.24, 2.45) is 0 Å². The van der Waals surface area contributed by atoms with Gasteiger partial charge in [0.05, 0.1) is 6.54 Å². The zero-order valence-corrected chi connectivity index (χ0v) is 11.5. The monoisotopic (exact) mass is 290 g/mol. The molecule has 2 rings (SSSR count). The lowest BCUT2D eigenvalue weighted by Gasteiger charge is -2.07. The topological polar surface area (TPSA) is 61.4 Å². The van der Waals surface area contributed by atoms with Crippen LogP contribution in [0.1, 0.15) is 5.56 Å².